The summed E-state index contributed by atoms with van der Waals surface area (Å²) in [6.07, 6.45) is 3.19. The molecule has 0 unspecified atom stereocenters. The molecular formula is C19H14ClN5OS. The molecular weight excluding hydrogens is 382 g/mol. The maximum absolute atomic E-state index is 12.2. The molecule has 0 spiro atoms. The molecule has 1 amide bonds. The van der Waals surface area contributed by atoms with Crippen LogP contribution >= 0.6 is 23.4 Å². The third-order valence-electron chi connectivity index (χ3n) is 3.80. The van der Waals surface area contributed by atoms with E-state index in [1.807, 2.05) is 42.5 Å². The van der Waals surface area contributed by atoms with Crippen LogP contribution in [0.1, 0.15) is 0 Å². The number of nitrogens with zero attached hydrogens (tertiary/aromatic N) is 4. The summed E-state index contributed by atoms with van der Waals surface area (Å²) < 4.78 is 1.72. The zero-order chi connectivity index (χ0) is 18.6. The van der Waals surface area contributed by atoms with Crippen molar-refractivity contribution in [1.82, 2.24) is 19.7 Å². The molecule has 134 valence electrons. The van der Waals surface area contributed by atoms with Crippen LogP contribution in [-0.2, 0) is 4.79 Å². The van der Waals surface area contributed by atoms with Gasteiger partial charge in [0, 0.05) is 10.7 Å². The van der Waals surface area contributed by atoms with Crippen molar-refractivity contribution in [3.63, 3.8) is 0 Å². The van der Waals surface area contributed by atoms with Crippen molar-refractivity contribution in [2.75, 3.05) is 11.1 Å². The summed E-state index contributed by atoms with van der Waals surface area (Å²) in [5.41, 5.74) is 2.30. The Kier molecular flexibility index (Phi) is 5.04. The number of amides is 1. The molecule has 0 atom stereocenters. The van der Waals surface area contributed by atoms with Crippen molar-refractivity contribution in [3.8, 4) is 5.69 Å². The first kappa shape index (κ1) is 17.5. The molecule has 2 aromatic heterocycles. The predicted octanol–water partition coefficient (Wildman–Crippen LogP) is 4.20. The standard InChI is InChI=1S/C19H14ClN5OS/c20-13-6-8-15(9-7-13)25-18-16(10-23-25)19(22-12-21-18)27-11-17(26)24-14-4-2-1-3-5-14/h1-10,12H,11H2,(H,24,26). The number of carbonyl (C=O) groups is 1. The van der Waals surface area contributed by atoms with E-state index >= 15 is 0 Å². The molecule has 0 aliphatic rings. The maximum Gasteiger partial charge on any atom is 0.234 e. The number of nitrogens with one attached hydrogen (secondary N) is 1. The van der Waals surface area contributed by atoms with Crippen LogP contribution in [0.5, 0.6) is 0 Å². The molecule has 2 heterocycles. The first-order chi connectivity index (χ1) is 13.2. The van der Waals surface area contributed by atoms with Crippen LogP contribution in [0.3, 0.4) is 0 Å². The summed E-state index contributed by atoms with van der Waals surface area (Å²) in [4.78, 5) is 20.8. The number of benzene rings is 2. The number of aromatic nitrogens is 4. The Hall–Kier alpha value is -2.90. The van der Waals surface area contributed by atoms with Gasteiger partial charge in [0.1, 0.15) is 11.4 Å². The van der Waals surface area contributed by atoms with Crippen molar-refractivity contribution in [1.29, 1.82) is 0 Å². The number of carbonyl (C=O) groups excluding carboxylic acids is 1. The second-order valence-corrected chi connectivity index (χ2v) is 7.05. The van der Waals surface area contributed by atoms with Gasteiger partial charge in [-0.15, -0.1) is 0 Å². The molecule has 0 saturated heterocycles. The molecule has 0 aliphatic heterocycles. The van der Waals surface area contributed by atoms with Gasteiger partial charge in [0.15, 0.2) is 5.65 Å². The summed E-state index contributed by atoms with van der Waals surface area (Å²) in [6, 6.07) is 16.7. The van der Waals surface area contributed by atoms with Crippen molar-refractivity contribution in [2.24, 2.45) is 0 Å². The number of hydrogen-bond donors (Lipinski definition) is 1. The van der Waals surface area contributed by atoms with Gasteiger partial charge < -0.3 is 5.32 Å². The Balaban J connectivity index is 1.53. The van der Waals surface area contributed by atoms with Gasteiger partial charge in [0.05, 0.1) is 23.0 Å². The van der Waals surface area contributed by atoms with E-state index in [2.05, 4.69) is 20.4 Å². The number of para-hydroxylation sites is 1. The smallest absolute Gasteiger partial charge is 0.234 e. The highest BCUT2D eigenvalue weighted by Gasteiger charge is 2.13. The van der Waals surface area contributed by atoms with Gasteiger partial charge in [0.25, 0.3) is 0 Å². The molecule has 4 rings (SSSR count). The van der Waals surface area contributed by atoms with Gasteiger partial charge in [-0.2, -0.15) is 5.10 Å². The quantitative estimate of drug-likeness (QED) is 0.405. The van der Waals surface area contributed by atoms with E-state index in [-0.39, 0.29) is 11.7 Å². The van der Waals surface area contributed by atoms with Gasteiger partial charge in [0.2, 0.25) is 5.91 Å². The summed E-state index contributed by atoms with van der Waals surface area (Å²) in [7, 11) is 0. The average Bonchev–Trinajstić information content (AvgIpc) is 3.12. The van der Waals surface area contributed by atoms with Crippen LogP contribution < -0.4 is 5.32 Å². The normalized spacial score (nSPS) is 10.9. The number of rotatable bonds is 5. The summed E-state index contributed by atoms with van der Waals surface area (Å²) >= 11 is 7.30. The largest absolute Gasteiger partial charge is 0.325 e. The van der Waals surface area contributed by atoms with Gasteiger partial charge in [-0.3, -0.25) is 4.79 Å². The zero-order valence-electron chi connectivity index (χ0n) is 14.0. The minimum absolute atomic E-state index is 0.0944. The Morgan fingerprint density at radius 2 is 1.85 bits per heavy atom. The van der Waals surface area contributed by atoms with Crippen LogP contribution in [0.25, 0.3) is 16.7 Å². The molecule has 0 saturated carbocycles. The van der Waals surface area contributed by atoms with E-state index in [0.29, 0.717) is 15.7 Å². The molecule has 0 fully saturated rings. The van der Waals surface area contributed by atoms with Crippen molar-refractivity contribution < 1.29 is 4.79 Å². The van der Waals surface area contributed by atoms with Gasteiger partial charge in [-0.05, 0) is 36.4 Å². The number of anilines is 1. The van der Waals surface area contributed by atoms with Crippen LogP contribution in [0.15, 0.2) is 72.1 Å². The Bertz CT molecular complexity index is 1080. The third-order valence-corrected chi connectivity index (χ3v) is 5.06. The van der Waals surface area contributed by atoms with Crippen LogP contribution in [0, 0.1) is 0 Å². The van der Waals surface area contributed by atoms with E-state index in [1.165, 1.54) is 18.1 Å². The van der Waals surface area contributed by atoms with Gasteiger partial charge in [-0.1, -0.05) is 41.6 Å². The molecule has 0 aliphatic carbocycles. The Labute approximate surface area is 164 Å². The molecule has 1 N–H and O–H groups in total. The second kappa shape index (κ2) is 7.77. The van der Waals surface area contributed by atoms with Crippen LogP contribution in [-0.4, -0.2) is 31.4 Å². The van der Waals surface area contributed by atoms with Crippen molar-refractivity contribution in [3.05, 3.63) is 72.1 Å². The summed E-state index contributed by atoms with van der Waals surface area (Å²) in [5, 5.41) is 9.43. The minimum atomic E-state index is -0.0944. The second-order valence-electron chi connectivity index (χ2n) is 5.65. The number of thioether (sulfide) groups is 1. The first-order valence-corrected chi connectivity index (χ1v) is 9.49. The average molecular weight is 396 g/mol. The highest BCUT2D eigenvalue weighted by atomic mass is 35.5. The maximum atomic E-state index is 12.2. The van der Waals surface area contributed by atoms with Crippen molar-refractivity contribution >= 4 is 46.0 Å². The topological polar surface area (TPSA) is 72.7 Å². The predicted molar refractivity (Wildman–Crippen MR) is 107 cm³/mol. The first-order valence-electron chi connectivity index (χ1n) is 8.13. The van der Waals surface area contributed by atoms with E-state index in [4.69, 9.17) is 11.6 Å². The fourth-order valence-electron chi connectivity index (χ4n) is 2.56. The highest BCUT2D eigenvalue weighted by Crippen LogP contribution is 2.26. The highest BCUT2D eigenvalue weighted by molar-refractivity contribution is 8.00. The van der Waals surface area contributed by atoms with E-state index in [9.17, 15) is 4.79 Å². The summed E-state index contributed by atoms with van der Waals surface area (Å²) in [6.45, 7) is 0. The number of fused-ring (bicyclic) bond motifs is 1. The number of hydrogen-bond acceptors (Lipinski definition) is 5. The van der Waals surface area contributed by atoms with E-state index in [0.717, 1.165) is 16.8 Å². The Morgan fingerprint density at radius 3 is 2.63 bits per heavy atom. The lowest BCUT2D eigenvalue weighted by Crippen LogP contribution is -2.14. The summed E-state index contributed by atoms with van der Waals surface area (Å²) in [5.74, 6) is 0.149. The molecule has 27 heavy (non-hydrogen) atoms. The molecule has 4 aromatic rings. The minimum Gasteiger partial charge on any atom is -0.325 e. The molecule has 6 nitrogen and oxygen atoms in total. The fourth-order valence-corrected chi connectivity index (χ4v) is 3.45. The van der Waals surface area contributed by atoms with E-state index < -0.39 is 0 Å². The lowest BCUT2D eigenvalue weighted by molar-refractivity contribution is -0.113. The van der Waals surface area contributed by atoms with Crippen LogP contribution in [0.4, 0.5) is 5.69 Å². The molecule has 8 heteroatoms. The molecule has 0 bridgehead atoms. The lowest BCUT2D eigenvalue weighted by atomic mass is 10.3. The van der Waals surface area contributed by atoms with E-state index in [1.54, 1.807) is 23.0 Å². The zero-order valence-corrected chi connectivity index (χ0v) is 15.6. The number of halogens is 1. The Morgan fingerprint density at radius 1 is 1.07 bits per heavy atom. The van der Waals surface area contributed by atoms with Gasteiger partial charge >= 0.3 is 0 Å². The SMILES string of the molecule is O=C(CSc1ncnc2c1cnn2-c1ccc(Cl)cc1)Nc1ccccc1. The molecule has 2 aromatic carbocycles. The van der Waals surface area contributed by atoms with Crippen LogP contribution in [0.2, 0.25) is 5.02 Å². The monoisotopic (exact) mass is 395 g/mol. The third kappa shape index (κ3) is 3.94. The molecule has 0 radical (unpaired) electrons. The lowest BCUT2D eigenvalue weighted by Gasteiger charge is -2.06. The van der Waals surface area contributed by atoms with Gasteiger partial charge in [-0.25, -0.2) is 14.6 Å². The van der Waals surface area contributed by atoms with Crippen molar-refractivity contribution in [2.45, 2.75) is 5.03 Å². The fraction of sp³-hybridized carbons (Fsp3) is 0.0526.